The van der Waals surface area contributed by atoms with Crippen molar-refractivity contribution >= 4 is 29.5 Å². The van der Waals surface area contributed by atoms with E-state index in [9.17, 15) is 20.0 Å². The molecule has 0 aromatic heterocycles. The number of benzene rings is 2. The van der Waals surface area contributed by atoms with Crippen LogP contribution in [0.2, 0.25) is 0 Å². The van der Waals surface area contributed by atoms with E-state index in [0.717, 1.165) is 11.8 Å². The molecule has 25 heavy (non-hydrogen) atoms. The van der Waals surface area contributed by atoms with E-state index >= 15 is 0 Å². The molecule has 0 atom stereocenters. The maximum absolute atomic E-state index is 11.4. The SMILES string of the molecule is COc1ccc(/C=C(/Sc2ccc([N+](=O)[O-])cc2)C(=O)[O-])c(OC)c1. The van der Waals surface area contributed by atoms with E-state index in [1.165, 1.54) is 44.6 Å². The number of nitro benzene ring substituents is 1. The average molecular weight is 360 g/mol. The van der Waals surface area contributed by atoms with Crippen LogP contribution in [0.5, 0.6) is 11.5 Å². The summed E-state index contributed by atoms with van der Waals surface area (Å²) in [7, 11) is 2.98. The molecule has 0 heterocycles. The minimum Gasteiger partial charge on any atom is -0.544 e. The molecule has 0 aliphatic rings. The number of carboxylic acids is 1. The number of nitro groups is 1. The zero-order chi connectivity index (χ0) is 18.4. The van der Waals surface area contributed by atoms with Crippen LogP contribution in [0.15, 0.2) is 52.3 Å². The second kappa shape index (κ2) is 8.20. The fraction of sp³-hybridized carbons (Fsp3) is 0.118. The quantitative estimate of drug-likeness (QED) is 0.323. The van der Waals surface area contributed by atoms with Crippen LogP contribution in [0, 0.1) is 10.1 Å². The number of hydrogen-bond donors (Lipinski definition) is 0. The molecule has 130 valence electrons. The Hall–Kier alpha value is -3.00. The Morgan fingerprint density at radius 2 is 1.80 bits per heavy atom. The van der Waals surface area contributed by atoms with E-state index in [1.54, 1.807) is 18.2 Å². The minimum absolute atomic E-state index is 0.0580. The number of nitrogens with zero attached hydrogens (tertiary/aromatic N) is 1. The zero-order valence-corrected chi connectivity index (χ0v) is 14.2. The van der Waals surface area contributed by atoms with E-state index < -0.39 is 10.9 Å². The second-order valence-electron chi connectivity index (χ2n) is 4.76. The summed E-state index contributed by atoms with van der Waals surface area (Å²) in [5, 5.41) is 22.1. The average Bonchev–Trinajstić information content (AvgIpc) is 2.61. The van der Waals surface area contributed by atoms with Gasteiger partial charge in [-0.1, -0.05) is 11.8 Å². The molecule has 0 saturated carbocycles. The Balaban J connectivity index is 2.33. The van der Waals surface area contributed by atoms with Gasteiger partial charge in [-0.05, 0) is 30.3 Å². The second-order valence-corrected chi connectivity index (χ2v) is 5.87. The Kier molecular flexibility index (Phi) is 6.02. The van der Waals surface area contributed by atoms with Gasteiger partial charge in [0.05, 0.1) is 25.1 Å². The van der Waals surface area contributed by atoms with Gasteiger partial charge >= 0.3 is 0 Å². The summed E-state index contributed by atoms with van der Waals surface area (Å²) in [6.45, 7) is 0. The van der Waals surface area contributed by atoms with Gasteiger partial charge in [0.2, 0.25) is 0 Å². The fourth-order valence-corrected chi connectivity index (χ4v) is 2.77. The lowest BCUT2D eigenvalue weighted by atomic mass is 10.1. The van der Waals surface area contributed by atoms with Crippen LogP contribution in [-0.2, 0) is 4.79 Å². The van der Waals surface area contributed by atoms with Gasteiger partial charge in [0, 0.05) is 33.6 Å². The monoisotopic (exact) mass is 360 g/mol. The van der Waals surface area contributed by atoms with Crippen molar-refractivity contribution in [3.8, 4) is 11.5 Å². The maximum Gasteiger partial charge on any atom is 0.269 e. The summed E-state index contributed by atoms with van der Waals surface area (Å²) in [4.78, 5) is 22.1. The van der Waals surface area contributed by atoms with Gasteiger partial charge in [-0.2, -0.15) is 0 Å². The molecule has 0 N–H and O–H groups in total. The number of non-ortho nitro benzene ring substituents is 1. The van der Waals surface area contributed by atoms with Crippen LogP contribution in [0.25, 0.3) is 6.08 Å². The summed E-state index contributed by atoms with van der Waals surface area (Å²) in [5.74, 6) is -0.337. The van der Waals surface area contributed by atoms with Crippen LogP contribution >= 0.6 is 11.8 Å². The fourth-order valence-electron chi connectivity index (χ4n) is 1.97. The molecule has 7 nitrogen and oxygen atoms in total. The molecular weight excluding hydrogens is 346 g/mol. The zero-order valence-electron chi connectivity index (χ0n) is 13.4. The number of thioether (sulfide) groups is 1. The number of carbonyl (C=O) groups is 1. The van der Waals surface area contributed by atoms with E-state index in [-0.39, 0.29) is 10.6 Å². The molecule has 8 heteroatoms. The summed E-state index contributed by atoms with van der Waals surface area (Å²) in [5.41, 5.74) is 0.470. The minimum atomic E-state index is -1.36. The van der Waals surface area contributed by atoms with Gasteiger partial charge in [0.1, 0.15) is 11.5 Å². The molecular formula is C17H14NO6S-. The highest BCUT2D eigenvalue weighted by Gasteiger charge is 2.09. The van der Waals surface area contributed by atoms with Gasteiger partial charge < -0.3 is 19.4 Å². The van der Waals surface area contributed by atoms with Crippen LogP contribution in [0.4, 0.5) is 5.69 Å². The maximum atomic E-state index is 11.4. The number of rotatable bonds is 7. The molecule has 0 fully saturated rings. The molecule has 0 radical (unpaired) electrons. The van der Waals surface area contributed by atoms with Crippen molar-refractivity contribution in [1.29, 1.82) is 0 Å². The van der Waals surface area contributed by atoms with Crippen LogP contribution in [0.3, 0.4) is 0 Å². The molecule has 2 rings (SSSR count). The number of hydrogen-bond acceptors (Lipinski definition) is 7. The Labute approximate surface area is 148 Å². The first-order valence-corrected chi connectivity index (χ1v) is 7.83. The molecule has 0 aliphatic carbocycles. The standard InChI is InChI=1S/C17H15NO6S/c1-23-13-6-3-11(15(10-13)24-2)9-16(17(19)20)25-14-7-4-12(5-8-14)18(21)22/h3-10H,1-2H3,(H,19,20)/p-1/b16-9+. The predicted octanol–water partition coefficient (Wildman–Crippen LogP) is 2.50. The topological polar surface area (TPSA) is 102 Å². The van der Waals surface area contributed by atoms with Gasteiger partial charge in [-0.3, -0.25) is 10.1 Å². The molecule has 0 amide bonds. The lowest BCUT2D eigenvalue weighted by molar-refractivity contribution is -0.384. The Morgan fingerprint density at radius 1 is 1.12 bits per heavy atom. The third kappa shape index (κ3) is 4.74. The highest BCUT2D eigenvalue weighted by Crippen LogP contribution is 2.32. The van der Waals surface area contributed by atoms with E-state index in [1.807, 2.05) is 0 Å². The summed E-state index contributed by atoms with van der Waals surface area (Å²) < 4.78 is 10.3. The Morgan fingerprint density at radius 3 is 2.32 bits per heavy atom. The first-order chi connectivity index (χ1) is 11.9. The normalized spacial score (nSPS) is 11.0. The first-order valence-electron chi connectivity index (χ1n) is 7.02. The number of carboxylic acid groups (broad SMARTS) is 1. The van der Waals surface area contributed by atoms with Gasteiger partial charge in [0.25, 0.3) is 5.69 Å². The first kappa shape index (κ1) is 18.3. The van der Waals surface area contributed by atoms with Crippen molar-refractivity contribution in [1.82, 2.24) is 0 Å². The number of aliphatic carboxylic acids is 1. The van der Waals surface area contributed by atoms with Crippen LogP contribution in [-0.4, -0.2) is 25.1 Å². The Bertz CT molecular complexity index is 816. The van der Waals surface area contributed by atoms with Gasteiger partial charge in [0.15, 0.2) is 0 Å². The number of carbonyl (C=O) groups excluding carboxylic acids is 1. The summed E-state index contributed by atoms with van der Waals surface area (Å²) >= 11 is 0.931. The molecule has 0 aliphatic heterocycles. The third-order valence-corrected chi connectivity index (χ3v) is 4.22. The van der Waals surface area contributed by atoms with Crippen LogP contribution in [0.1, 0.15) is 5.56 Å². The van der Waals surface area contributed by atoms with E-state index in [0.29, 0.717) is 22.0 Å². The van der Waals surface area contributed by atoms with Crippen molar-refractivity contribution in [3.63, 3.8) is 0 Å². The largest absolute Gasteiger partial charge is 0.544 e. The van der Waals surface area contributed by atoms with Crippen molar-refractivity contribution in [2.75, 3.05) is 14.2 Å². The molecule has 0 spiro atoms. The van der Waals surface area contributed by atoms with Crippen molar-refractivity contribution in [2.24, 2.45) is 0 Å². The van der Waals surface area contributed by atoms with Crippen molar-refractivity contribution in [2.45, 2.75) is 4.90 Å². The predicted molar refractivity (Wildman–Crippen MR) is 91.5 cm³/mol. The van der Waals surface area contributed by atoms with Crippen molar-refractivity contribution in [3.05, 3.63) is 63.0 Å². The lowest BCUT2D eigenvalue weighted by Gasteiger charge is -2.11. The molecule has 2 aromatic rings. The molecule has 0 saturated heterocycles. The molecule has 2 aromatic carbocycles. The molecule has 0 bridgehead atoms. The summed E-state index contributed by atoms with van der Waals surface area (Å²) in [6.07, 6.45) is 1.42. The highest BCUT2D eigenvalue weighted by atomic mass is 32.2. The van der Waals surface area contributed by atoms with Crippen molar-refractivity contribution < 1.29 is 24.3 Å². The lowest BCUT2D eigenvalue weighted by Crippen LogP contribution is -2.23. The van der Waals surface area contributed by atoms with E-state index in [2.05, 4.69) is 0 Å². The number of ether oxygens (including phenoxy) is 2. The van der Waals surface area contributed by atoms with E-state index in [4.69, 9.17) is 9.47 Å². The number of methoxy groups -OCH3 is 2. The van der Waals surface area contributed by atoms with Crippen LogP contribution < -0.4 is 14.6 Å². The third-order valence-electron chi connectivity index (χ3n) is 3.20. The smallest absolute Gasteiger partial charge is 0.269 e. The summed E-state index contributed by atoms with van der Waals surface area (Å²) in [6, 6.07) is 10.5. The molecule has 0 unspecified atom stereocenters. The van der Waals surface area contributed by atoms with Gasteiger partial charge in [-0.15, -0.1) is 0 Å². The van der Waals surface area contributed by atoms with Gasteiger partial charge in [-0.25, -0.2) is 0 Å². The highest BCUT2D eigenvalue weighted by molar-refractivity contribution is 8.04.